The highest BCUT2D eigenvalue weighted by Gasteiger charge is 2.47. The van der Waals surface area contributed by atoms with Crippen molar-refractivity contribution in [2.24, 2.45) is 11.8 Å². The van der Waals surface area contributed by atoms with Gasteiger partial charge in [-0.1, -0.05) is 24.3 Å². The molecule has 1 aliphatic heterocycles. The summed E-state index contributed by atoms with van der Waals surface area (Å²) in [6.07, 6.45) is 4.90. The number of imide groups is 1. The Bertz CT molecular complexity index is 642. The molecule has 0 spiro atoms. The Balaban J connectivity index is 1.68. The first-order valence-electron chi connectivity index (χ1n) is 7.16. The van der Waals surface area contributed by atoms with E-state index in [4.69, 9.17) is 0 Å². The molecule has 0 saturated carbocycles. The largest absolute Gasteiger partial charge is 0.506 e. The zero-order chi connectivity index (χ0) is 15.7. The third-order valence-corrected chi connectivity index (χ3v) is 4.08. The van der Waals surface area contributed by atoms with Crippen molar-refractivity contribution >= 4 is 23.4 Å². The van der Waals surface area contributed by atoms with E-state index in [9.17, 15) is 19.5 Å². The molecule has 6 heteroatoms. The van der Waals surface area contributed by atoms with Crippen molar-refractivity contribution in [3.05, 3.63) is 36.4 Å². The predicted octanol–water partition coefficient (Wildman–Crippen LogP) is 1.28. The van der Waals surface area contributed by atoms with Crippen molar-refractivity contribution in [2.75, 3.05) is 11.9 Å². The zero-order valence-corrected chi connectivity index (χ0v) is 11.9. The number of amides is 3. The lowest BCUT2D eigenvalue weighted by Gasteiger charge is -2.14. The first-order valence-corrected chi connectivity index (χ1v) is 7.16. The molecule has 2 N–H and O–H groups in total. The van der Waals surface area contributed by atoms with E-state index in [2.05, 4.69) is 5.32 Å². The molecule has 22 heavy (non-hydrogen) atoms. The molecule has 2 aliphatic rings. The van der Waals surface area contributed by atoms with E-state index in [1.54, 1.807) is 18.2 Å². The maximum absolute atomic E-state index is 12.2. The van der Waals surface area contributed by atoms with Crippen LogP contribution in [0.2, 0.25) is 0 Å². The lowest BCUT2D eigenvalue weighted by molar-refractivity contribution is -0.142. The summed E-state index contributed by atoms with van der Waals surface area (Å²) in [4.78, 5) is 37.6. The summed E-state index contributed by atoms with van der Waals surface area (Å²) < 4.78 is 0. The number of hydrogen-bond acceptors (Lipinski definition) is 4. The number of phenolic OH excluding ortho intramolecular Hbond substituents is 1. The minimum atomic E-state index is -0.505. The van der Waals surface area contributed by atoms with Gasteiger partial charge in [0.05, 0.1) is 17.5 Å². The predicted molar refractivity (Wildman–Crippen MR) is 78.8 cm³/mol. The number of carbonyl (C=O) groups is 3. The van der Waals surface area contributed by atoms with Gasteiger partial charge in [-0.05, 0) is 25.0 Å². The van der Waals surface area contributed by atoms with Gasteiger partial charge in [0.25, 0.3) is 0 Å². The number of fused-ring (bicyclic) bond motifs is 1. The number of phenols is 1. The number of allylic oxidation sites excluding steroid dienone is 2. The number of para-hydroxylation sites is 2. The molecule has 1 heterocycles. The number of nitrogens with zero attached hydrogens (tertiary/aromatic N) is 1. The molecule has 1 aromatic rings. The summed E-state index contributed by atoms with van der Waals surface area (Å²) in [7, 11) is 0. The smallest absolute Gasteiger partial charge is 0.244 e. The molecule has 114 valence electrons. The van der Waals surface area contributed by atoms with Crippen molar-refractivity contribution in [1.29, 1.82) is 0 Å². The van der Waals surface area contributed by atoms with Crippen LogP contribution in [0.25, 0.3) is 0 Å². The molecule has 0 aromatic heterocycles. The maximum atomic E-state index is 12.2. The maximum Gasteiger partial charge on any atom is 0.244 e. The van der Waals surface area contributed by atoms with Gasteiger partial charge in [-0.3, -0.25) is 19.3 Å². The molecule has 0 radical (unpaired) electrons. The minimum Gasteiger partial charge on any atom is -0.506 e. The van der Waals surface area contributed by atoms with Gasteiger partial charge in [0, 0.05) is 0 Å². The lowest BCUT2D eigenvalue weighted by atomic mass is 9.85. The molecule has 3 rings (SSSR count). The van der Waals surface area contributed by atoms with Crippen LogP contribution in [0.3, 0.4) is 0 Å². The number of benzene rings is 1. The topological polar surface area (TPSA) is 86.7 Å². The summed E-state index contributed by atoms with van der Waals surface area (Å²) >= 11 is 0. The molecule has 3 amide bonds. The Kier molecular flexibility index (Phi) is 3.66. The quantitative estimate of drug-likeness (QED) is 0.500. The second-order valence-corrected chi connectivity index (χ2v) is 5.48. The Morgan fingerprint density at radius 2 is 1.73 bits per heavy atom. The first kappa shape index (κ1) is 14.3. The average molecular weight is 300 g/mol. The van der Waals surface area contributed by atoms with Crippen LogP contribution in [0.4, 0.5) is 5.69 Å². The van der Waals surface area contributed by atoms with E-state index >= 15 is 0 Å². The SMILES string of the molecule is O=C(CN1C(=O)[C@@H]2CC=CC[C@H]2C1=O)Nc1ccccc1O. The number of likely N-dealkylation sites (tertiary alicyclic amines) is 1. The van der Waals surface area contributed by atoms with Gasteiger partial charge < -0.3 is 10.4 Å². The van der Waals surface area contributed by atoms with E-state index in [1.807, 2.05) is 12.2 Å². The minimum absolute atomic E-state index is 0.0622. The van der Waals surface area contributed by atoms with Gasteiger partial charge in [0.2, 0.25) is 17.7 Å². The van der Waals surface area contributed by atoms with Crippen LogP contribution < -0.4 is 5.32 Å². The highest BCUT2D eigenvalue weighted by Crippen LogP contribution is 2.34. The highest BCUT2D eigenvalue weighted by molar-refractivity contribution is 6.09. The summed E-state index contributed by atoms with van der Waals surface area (Å²) in [5.74, 6) is -1.81. The van der Waals surface area contributed by atoms with E-state index in [0.29, 0.717) is 12.8 Å². The Labute approximate surface area is 127 Å². The Morgan fingerprint density at radius 3 is 2.32 bits per heavy atom. The van der Waals surface area contributed by atoms with Gasteiger partial charge in [0.15, 0.2) is 0 Å². The van der Waals surface area contributed by atoms with E-state index in [-0.39, 0.29) is 41.6 Å². The standard InChI is InChI=1S/C16H16N2O4/c19-13-8-4-3-7-12(13)17-14(20)9-18-15(21)10-5-1-2-6-11(10)16(18)22/h1-4,7-8,10-11,19H,5-6,9H2,(H,17,20)/t10-,11-/m1/s1. The number of carbonyl (C=O) groups excluding carboxylic acids is 3. The van der Waals surface area contributed by atoms with E-state index in [0.717, 1.165) is 4.90 Å². The van der Waals surface area contributed by atoms with Crippen LogP contribution in [-0.2, 0) is 14.4 Å². The van der Waals surface area contributed by atoms with Crippen LogP contribution in [0.5, 0.6) is 5.75 Å². The van der Waals surface area contributed by atoms with Crippen molar-refractivity contribution in [2.45, 2.75) is 12.8 Å². The molecule has 0 bridgehead atoms. The zero-order valence-electron chi connectivity index (χ0n) is 11.9. The third-order valence-electron chi connectivity index (χ3n) is 4.08. The fourth-order valence-electron chi connectivity index (χ4n) is 2.94. The fourth-order valence-corrected chi connectivity index (χ4v) is 2.94. The summed E-state index contributed by atoms with van der Waals surface area (Å²) in [5.41, 5.74) is 0.255. The monoisotopic (exact) mass is 300 g/mol. The van der Waals surface area contributed by atoms with Crippen molar-refractivity contribution in [1.82, 2.24) is 4.90 Å². The second-order valence-electron chi connectivity index (χ2n) is 5.48. The number of nitrogens with one attached hydrogen (secondary N) is 1. The number of hydrogen-bond donors (Lipinski definition) is 2. The van der Waals surface area contributed by atoms with Crippen LogP contribution in [0.15, 0.2) is 36.4 Å². The summed E-state index contributed by atoms with van der Waals surface area (Å²) in [6.45, 7) is -0.320. The second kappa shape index (κ2) is 5.63. The van der Waals surface area contributed by atoms with Crippen LogP contribution >= 0.6 is 0 Å². The van der Waals surface area contributed by atoms with Crippen molar-refractivity contribution < 1.29 is 19.5 Å². The Morgan fingerprint density at radius 1 is 1.14 bits per heavy atom. The third kappa shape index (κ3) is 2.47. The molecule has 1 aromatic carbocycles. The van der Waals surface area contributed by atoms with Crippen molar-refractivity contribution in [3.8, 4) is 5.75 Å². The molecule has 1 fully saturated rings. The molecule has 0 unspecified atom stereocenters. The average Bonchev–Trinajstić information content (AvgIpc) is 2.75. The molecular weight excluding hydrogens is 284 g/mol. The Hall–Kier alpha value is -2.63. The molecule has 6 nitrogen and oxygen atoms in total. The van der Waals surface area contributed by atoms with Gasteiger partial charge >= 0.3 is 0 Å². The summed E-state index contributed by atoms with van der Waals surface area (Å²) in [5, 5.41) is 12.1. The molecule has 1 saturated heterocycles. The van der Waals surface area contributed by atoms with Crippen LogP contribution in [-0.4, -0.2) is 34.3 Å². The number of rotatable bonds is 3. The number of aromatic hydroxyl groups is 1. The first-order chi connectivity index (χ1) is 10.6. The number of anilines is 1. The van der Waals surface area contributed by atoms with Gasteiger partial charge in [-0.15, -0.1) is 0 Å². The molecule has 2 atom stereocenters. The van der Waals surface area contributed by atoms with E-state index in [1.165, 1.54) is 6.07 Å². The summed E-state index contributed by atoms with van der Waals surface area (Å²) in [6, 6.07) is 6.30. The molecular formula is C16H16N2O4. The lowest BCUT2D eigenvalue weighted by Crippen LogP contribution is -2.38. The van der Waals surface area contributed by atoms with Gasteiger partial charge in [-0.2, -0.15) is 0 Å². The van der Waals surface area contributed by atoms with Gasteiger partial charge in [-0.25, -0.2) is 0 Å². The fraction of sp³-hybridized carbons (Fsp3) is 0.312. The highest BCUT2D eigenvalue weighted by atomic mass is 16.3. The van der Waals surface area contributed by atoms with Gasteiger partial charge in [0.1, 0.15) is 12.3 Å². The van der Waals surface area contributed by atoms with Crippen molar-refractivity contribution in [3.63, 3.8) is 0 Å². The van der Waals surface area contributed by atoms with E-state index < -0.39 is 5.91 Å². The molecule has 1 aliphatic carbocycles. The van der Waals surface area contributed by atoms with Crippen LogP contribution in [0.1, 0.15) is 12.8 Å². The van der Waals surface area contributed by atoms with Crippen LogP contribution in [0, 0.1) is 11.8 Å². The normalized spacial score (nSPS) is 23.5.